The van der Waals surface area contributed by atoms with Crippen molar-refractivity contribution in [3.05, 3.63) is 59.9 Å². The normalized spacial score (nSPS) is 10.8. The number of hydrogen-bond donors (Lipinski definition) is 1. The SMILES string of the molecule is CCCCc1ccc(NC(=O)Cc2coc3cc(OC)ccc23)cc1. The van der Waals surface area contributed by atoms with Crippen LogP contribution in [0.2, 0.25) is 0 Å². The molecular weight excluding hydrogens is 314 g/mol. The fourth-order valence-corrected chi connectivity index (χ4v) is 2.84. The van der Waals surface area contributed by atoms with E-state index in [1.165, 1.54) is 18.4 Å². The van der Waals surface area contributed by atoms with Crippen LogP contribution >= 0.6 is 0 Å². The largest absolute Gasteiger partial charge is 0.497 e. The van der Waals surface area contributed by atoms with Crippen molar-refractivity contribution in [1.29, 1.82) is 0 Å². The van der Waals surface area contributed by atoms with E-state index in [1.54, 1.807) is 13.4 Å². The number of anilines is 1. The van der Waals surface area contributed by atoms with Crippen LogP contribution in [0.25, 0.3) is 11.0 Å². The fourth-order valence-electron chi connectivity index (χ4n) is 2.84. The van der Waals surface area contributed by atoms with E-state index in [1.807, 2.05) is 30.3 Å². The molecule has 3 aromatic rings. The minimum absolute atomic E-state index is 0.0557. The number of aryl methyl sites for hydroxylation is 1. The standard InChI is InChI=1S/C21H23NO3/c1-3-4-5-15-6-8-17(9-7-15)22-21(23)12-16-14-25-20-13-18(24-2)10-11-19(16)20/h6-11,13-14H,3-5,12H2,1-2H3,(H,22,23). The number of ether oxygens (including phenoxy) is 1. The summed E-state index contributed by atoms with van der Waals surface area (Å²) in [6, 6.07) is 13.7. The third-order valence-corrected chi connectivity index (χ3v) is 4.27. The smallest absolute Gasteiger partial charge is 0.228 e. The van der Waals surface area contributed by atoms with Crippen molar-refractivity contribution in [3.63, 3.8) is 0 Å². The molecule has 130 valence electrons. The van der Waals surface area contributed by atoms with Gasteiger partial charge in [0.25, 0.3) is 0 Å². The van der Waals surface area contributed by atoms with Gasteiger partial charge in [-0.2, -0.15) is 0 Å². The molecule has 0 aliphatic heterocycles. The first-order valence-electron chi connectivity index (χ1n) is 8.62. The molecule has 0 spiro atoms. The quantitative estimate of drug-likeness (QED) is 0.662. The van der Waals surface area contributed by atoms with E-state index in [-0.39, 0.29) is 12.3 Å². The molecule has 1 amide bonds. The zero-order chi connectivity index (χ0) is 17.6. The summed E-state index contributed by atoms with van der Waals surface area (Å²) in [6.07, 6.45) is 5.36. The van der Waals surface area contributed by atoms with Crippen molar-refractivity contribution >= 4 is 22.6 Å². The Labute approximate surface area is 147 Å². The third-order valence-electron chi connectivity index (χ3n) is 4.27. The number of rotatable bonds is 7. The number of methoxy groups -OCH3 is 1. The monoisotopic (exact) mass is 337 g/mol. The maximum atomic E-state index is 12.3. The Hall–Kier alpha value is -2.75. The van der Waals surface area contributed by atoms with Crippen LogP contribution < -0.4 is 10.1 Å². The van der Waals surface area contributed by atoms with Crippen LogP contribution in [0.4, 0.5) is 5.69 Å². The summed E-state index contributed by atoms with van der Waals surface area (Å²) in [7, 11) is 1.62. The number of nitrogens with one attached hydrogen (secondary N) is 1. The molecule has 0 bridgehead atoms. The molecule has 4 nitrogen and oxygen atoms in total. The van der Waals surface area contributed by atoms with Gasteiger partial charge in [0.2, 0.25) is 5.91 Å². The summed E-state index contributed by atoms with van der Waals surface area (Å²) in [5, 5.41) is 3.88. The van der Waals surface area contributed by atoms with Gasteiger partial charge in [-0.15, -0.1) is 0 Å². The molecule has 0 aliphatic carbocycles. The summed E-state index contributed by atoms with van der Waals surface area (Å²) < 4.78 is 10.7. The van der Waals surface area contributed by atoms with Crippen molar-refractivity contribution in [2.75, 3.05) is 12.4 Å². The van der Waals surface area contributed by atoms with Crippen LogP contribution in [0.3, 0.4) is 0 Å². The maximum absolute atomic E-state index is 12.3. The second-order valence-electron chi connectivity index (χ2n) is 6.15. The highest BCUT2D eigenvalue weighted by molar-refractivity contribution is 5.95. The van der Waals surface area contributed by atoms with Gasteiger partial charge in [-0.05, 0) is 42.7 Å². The molecule has 0 atom stereocenters. The lowest BCUT2D eigenvalue weighted by Gasteiger charge is -2.06. The summed E-state index contributed by atoms with van der Waals surface area (Å²) >= 11 is 0. The van der Waals surface area contributed by atoms with E-state index in [9.17, 15) is 4.79 Å². The highest BCUT2D eigenvalue weighted by Gasteiger charge is 2.11. The predicted molar refractivity (Wildman–Crippen MR) is 100 cm³/mol. The van der Waals surface area contributed by atoms with Gasteiger partial charge in [0.15, 0.2) is 0 Å². The van der Waals surface area contributed by atoms with E-state index in [0.29, 0.717) is 0 Å². The number of fused-ring (bicyclic) bond motifs is 1. The highest BCUT2D eigenvalue weighted by Crippen LogP contribution is 2.26. The number of carbonyl (C=O) groups excluding carboxylic acids is 1. The zero-order valence-corrected chi connectivity index (χ0v) is 14.7. The predicted octanol–water partition coefficient (Wildman–Crippen LogP) is 4.97. The van der Waals surface area contributed by atoms with Crippen molar-refractivity contribution in [2.24, 2.45) is 0 Å². The number of hydrogen-bond acceptors (Lipinski definition) is 3. The minimum atomic E-state index is -0.0557. The molecule has 3 rings (SSSR count). The Morgan fingerprint density at radius 3 is 2.68 bits per heavy atom. The van der Waals surface area contributed by atoms with Gasteiger partial charge in [-0.25, -0.2) is 0 Å². The van der Waals surface area contributed by atoms with Crippen molar-refractivity contribution in [2.45, 2.75) is 32.6 Å². The van der Waals surface area contributed by atoms with E-state index < -0.39 is 0 Å². The van der Waals surface area contributed by atoms with Crippen molar-refractivity contribution < 1.29 is 13.9 Å². The summed E-state index contributed by atoms with van der Waals surface area (Å²) in [4.78, 5) is 12.3. The molecule has 1 N–H and O–H groups in total. The average Bonchev–Trinajstić information content (AvgIpc) is 3.03. The molecular formula is C21H23NO3. The van der Waals surface area contributed by atoms with Gasteiger partial charge in [0, 0.05) is 22.7 Å². The Bertz CT molecular complexity index is 849. The second kappa shape index (κ2) is 7.88. The topological polar surface area (TPSA) is 51.5 Å². The lowest BCUT2D eigenvalue weighted by Crippen LogP contribution is -2.14. The molecule has 0 radical (unpaired) electrons. The molecule has 2 aromatic carbocycles. The van der Waals surface area contributed by atoms with Crippen LogP contribution in [0.15, 0.2) is 53.1 Å². The van der Waals surface area contributed by atoms with E-state index in [2.05, 4.69) is 24.4 Å². The Balaban J connectivity index is 1.64. The number of carbonyl (C=O) groups is 1. The van der Waals surface area contributed by atoms with Crippen molar-refractivity contribution in [1.82, 2.24) is 0 Å². The molecule has 0 aliphatic rings. The third kappa shape index (κ3) is 4.21. The number of amides is 1. The summed E-state index contributed by atoms with van der Waals surface area (Å²) in [6.45, 7) is 2.18. The van der Waals surface area contributed by atoms with Crippen LogP contribution in [0.1, 0.15) is 30.9 Å². The van der Waals surface area contributed by atoms with Gasteiger partial charge < -0.3 is 14.5 Å². The first-order chi connectivity index (χ1) is 12.2. The highest BCUT2D eigenvalue weighted by atomic mass is 16.5. The fraction of sp³-hybridized carbons (Fsp3) is 0.286. The van der Waals surface area contributed by atoms with Crippen LogP contribution in [0, 0.1) is 0 Å². The molecule has 25 heavy (non-hydrogen) atoms. The lowest BCUT2D eigenvalue weighted by molar-refractivity contribution is -0.115. The van der Waals surface area contributed by atoms with Gasteiger partial charge in [0.1, 0.15) is 11.3 Å². The second-order valence-corrected chi connectivity index (χ2v) is 6.15. The Kier molecular flexibility index (Phi) is 5.39. The first-order valence-corrected chi connectivity index (χ1v) is 8.62. The van der Waals surface area contributed by atoms with Crippen molar-refractivity contribution in [3.8, 4) is 5.75 Å². The van der Waals surface area contributed by atoms with Crippen LogP contribution in [-0.4, -0.2) is 13.0 Å². The first kappa shape index (κ1) is 17.1. The van der Waals surface area contributed by atoms with Crippen LogP contribution in [0.5, 0.6) is 5.75 Å². The van der Waals surface area contributed by atoms with Gasteiger partial charge in [-0.1, -0.05) is 25.5 Å². The molecule has 0 saturated carbocycles. The molecule has 0 saturated heterocycles. The summed E-state index contributed by atoms with van der Waals surface area (Å²) in [5.74, 6) is 0.681. The Morgan fingerprint density at radius 1 is 1.16 bits per heavy atom. The average molecular weight is 337 g/mol. The molecule has 0 fully saturated rings. The Morgan fingerprint density at radius 2 is 1.96 bits per heavy atom. The van der Waals surface area contributed by atoms with Gasteiger partial charge in [-0.3, -0.25) is 4.79 Å². The number of furan rings is 1. The molecule has 1 aromatic heterocycles. The van der Waals surface area contributed by atoms with Gasteiger partial charge >= 0.3 is 0 Å². The van der Waals surface area contributed by atoms with E-state index in [4.69, 9.17) is 9.15 Å². The zero-order valence-electron chi connectivity index (χ0n) is 14.7. The van der Waals surface area contributed by atoms with Gasteiger partial charge in [0.05, 0.1) is 19.8 Å². The minimum Gasteiger partial charge on any atom is -0.497 e. The lowest BCUT2D eigenvalue weighted by atomic mass is 10.1. The molecule has 0 unspecified atom stereocenters. The van der Waals surface area contributed by atoms with Crippen LogP contribution in [-0.2, 0) is 17.6 Å². The molecule has 1 heterocycles. The maximum Gasteiger partial charge on any atom is 0.228 e. The number of benzene rings is 2. The summed E-state index contributed by atoms with van der Waals surface area (Å²) in [5.41, 5.74) is 3.71. The van der Waals surface area contributed by atoms with E-state index in [0.717, 1.165) is 34.4 Å². The van der Waals surface area contributed by atoms with E-state index >= 15 is 0 Å². The number of unbranched alkanes of at least 4 members (excludes halogenated alkanes) is 1. The molecule has 4 heteroatoms.